The molecule has 0 spiro atoms. The number of carbonyl (C=O) groups excluding carboxylic acids is 2. The number of nitrogens with zero attached hydrogens (tertiary/aromatic N) is 3. The van der Waals surface area contributed by atoms with Gasteiger partial charge in [-0.1, -0.05) is 55.5 Å². The van der Waals surface area contributed by atoms with Crippen LogP contribution in [0.3, 0.4) is 0 Å². The Kier molecular flexibility index (Phi) is 9.78. The van der Waals surface area contributed by atoms with Gasteiger partial charge in [0.2, 0.25) is 11.8 Å². The van der Waals surface area contributed by atoms with Gasteiger partial charge in [0.05, 0.1) is 15.5 Å². The van der Waals surface area contributed by atoms with Gasteiger partial charge in [0.15, 0.2) is 0 Å². The molecule has 1 N–H and O–H groups in total. The maximum atomic E-state index is 13.9. The van der Waals surface area contributed by atoms with E-state index in [2.05, 4.69) is 5.32 Å². The fourth-order valence-corrected chi connectivity index (χ4v) is 5.50. The van der Waals surface area contributed by atoms with Crippen molar-refractivity contribution in [3.05, 3.63) is 101 Å². The van der Waals surface area contributed by atoms with Crippen LogP contribution in [0, 0.1) is 10.1 Å². The molecule has 3 aromatic carbocycles. The first-order chi connectivity index (χ1) is 18.5. The van der Waals surface area contributed by atoms with E-state index < -0.39 is 33.4 Å². The van der Waals surface area contributed by atoms with Gasteiger partial charge in [-0.3, -0.25) is 24.0 Å². The van der Waals surface area contributed by atoms with E-state index in [0.717, 1.165) is 9.87 Å². The zero-order valence-corrected chi connectivity index (χ0v) is 22.9. The molecule has 39 heavy (non-hydrogen) atoms. The predicted octanol–water partition coefficient (Wildman–Crippen LogP) is 4.12. The van der Waals surface area contributed by atoms with Crippen LogP contribution in [0.5, 0.6) is 0 Å². The first-order valence-corrected chi connectivity index (χ1v) is 13.9. The molecule has 0 heterocycles. The highest BCUT2D eigenvalue weighted by atomic mass is 32.2. The number of benzene rings is 3. The maximum absolute atomic E-state index is 13.9. The van der Waals surface area contributed by atoms with Gasteiger partial charge in [0.1, 0.15) is 12.6 Å². The number of non-ortho nitro benzene ring substituents is 1. The van der Waals surface area contributed by atoms with Crippen molar-refractivity contribution in [3.63, 3.8) is 0 Å². The Balaban J connectivity index is 2.06. The highest BCUT2D eigenvalue weighted by molar-refractivity contribution is 7.92. The molecule has 0 saturated carbocycles. The van der Waals surface area contributed by atoms with Crippen molar-refractivity contribution in [1.29, 1.82) is 0 Å². The monoisotopic (exact) mass is 552 g/mol. The summed E-state index contributed by atoms with van der Waals surface area (Å²) in [5, 5.41) is 14.0. The number of nitro benzene ring substituents is 1. The van der Waals surface area contributed by atoms with Crippen LogP contribution in [-0.4, -0.2) is 48.7 Å². The highest BCUT2D eigenvalue weighted by Crippen LogP contribution is 2.26. The molecule has 3 rings (SSSR count). The summed E-state index contributed by atoms with van der Waals surface area (Å²) < 4.78 is 28.4. The Labute approximate surface area is 228 Å². The van der Waals surface area contributed by atoms with Gasteiger partial charge in [0.25, 0.3) is 15.7 Å². The molecule has 0 aliphatic rings. The number of nitro groups is 1. The molecule has 0 aromatic heterocycles. The van der Waals surface area contributed by atoms with Crippen molar-refractivity contribution in [2.24, 2.45) is 0 Å². The van der Waals surface area contributed by atoms with Crippen LogP contribution in [0.4, 0.5) is 11.4 Å². The van der Waals surface area contributed by atoms with E-state index in [0.29, 0.717) is 6.42 Å². The standard InChI is InChI=1S/C28H32N4O6S/c1-4-26(28(34)29-21(2)3)30(19-22-11-7-5-8-12-22)27(33)20-31(23-15-17-24(18-16-23)32(35)36)39(37,38)25-13-9-6-10-14-25/h5-18,21,26H,4,19-20H2,1-3H3,(H,29,34)/t26-/m0/s1. The summed E-state index contributed by atoms with van der Waals surface area (Å²) in [7, 11) is -4.24. The van der Waals surface area contributed by atoms with Gasteiger partial charge >= 0.3 is 0 Å². The summed E-state index contributed by atoms with van der Waals surface area (Å²) in [5.74, 6) is -0.938. The molecule has 0 unspecified atom stereocenters. The third-order valence-corrected chi connectivity index (χ3v) is 7.76. The molecule has 0 aliphatic heterocycles. The zero-order chi connectivity index (χ0) is 28.6. The summed E-state index contributed by atoms with van der Waals surface area (Å²) >= 11 is 0. The van der Waals surface area contributed by atoms with Crippen molar-refractivity contribution in [3.8, 4) is 0 Å². The average molecular weight is 553 g/mol. The van der Waals surface area contributed by atoms with Crippen LogP contribution >= 0.6 is 0 Å². The summed E-state index contributed by atoms with van der Waals surface area (Å²) in [6, 6.07) is 20.6. The molecule has 2 amide bonds. The van der Waals surface area contributed by atoms with E-state index in [1.807, 2.05) is 44.2 Å². The molecule has 0 saturated heterocycles. The molecular formula is C28H32N4O6S. The second kappa shape index (κ2) is 13.0. The quantitative estimate of drug-likeness (QED) is 0.266. The van der Waals surface area contributed by atoms with Crippen molar-refractivity contribution < 1.29 is 22.9 Å². The van der Waals surface area contributed by atoms with E-state index in [1.54, 1.807) is 25.1 Å². The minimum Gasteiger partial charge on any atom is -0.352 e. The highest BCUT2D eigenvalue weighted by Gasteiger charge is 2.34. The van der Waals surface area contributed by atoms with Crippen LogP contribution in [-0.2, 0) is 26.2 Å². The lowest BCUT2D eigenvalue weighted by molar-refractivity contribution is -0.384. The predicted molar refractivity (Wildman–Crippen MR) is 148 cm³/mol. The molecule has 0 radical (unpaired) electrons. The maximum Gasteiger partial charge on any atom is 0.269 e. The van der Waals surface area contributed by atoms with Gasteiger partial charge < -0.3 is 10.2 Å². The van der Waals surface area contributed by atoms with E-state index in [1.165, 1.54) is 41.3 Å². The molecular weight excluding hydrogens is 520 g/mol. The second-order valence-electron chi connectivity index (χ2n) is 9.19. The molecule has 1 atom stereocenters. The molecule has 3 aromatic rings. The lowest BCUT2D eigenvalue weighted by Crippen LogP contribution is -2.53. The minimum absolute atomic E-state index is 0.0460. The normalized spacial score (nSPS) is 12.0. The molecule has 11 heteroatoms. The number of carbonyl (C=O) groups is 2. The second-order valence-corrected chi connectivity index (χ2v) is 11.1. The number of hydrogen-bond acceptors (Lipinski definition) is 6. The Morgan fingerprint density at radius 3 is 2.00 bits per heavy atom. The number of anilines is 1. The van der Waals surface area contributed by atoms with Crippen molar-refractivity contribution in [2.45, 2.75) is 50.7 Å². The Hall–Kier alpha value is -4.25. The number of rotatable bonds is 12. The fraction of sp³-hybridized carbons (Fsp3) is 0.286. The van der Waals surface area contributed by atoms with Gasteiger partial charge in [-0.05, 0) is 50.1 Å². The summed E-state index contributed by atoms with van der Waals surface area (Å²) in [4.78, 5) is 38.9. The van der Waals surface area contributed by atoms with Crippen molar-refractivity contribution in [2.75, 3.05) is 10.8 Å². The van der Waals surface area contributed by atoms with E-state index in [4.69, 9.17) is 0 Å². The molecule has 0 aliphatic carbocycles. The first kappa shape index (κ1) is 29.3. The fourth-order valence-electron chi connectivity index (χ4n) is 4.07. The van der Waals surface area contributed by atoms with Crippen molar-refractivity contribution in [1.82, 2.24) is 10.2 Å². The molecule has 0 bridgehead atoms. The van der Waals surface area contributed by atoms with Crippen molar-refractivity contribution >= 4 is 33.2 Å². The number of amides is 2. The minimum atomic E-state index is -4.24. The molecule has 10 nitrogen and oxygen atoms in total. The van der Waals surface area contributed by atoms with Crippen LogP contribution in [0.15, 0.2) is 89.8 Å². The van der Waals surface area contributed by atoms with E-state index in [9.17, 15) is 28.1 Å². The van der Waals surface area contributed by atoms with E-state index >= 15 is 0 Å². The van der Waals surface area contributed by atoms with Gasteiger partial charge in [0, 0.05) is 24.7 Å². The Morgan fingerprint density at radius 1 is 0.923 bits per heavy atom. The average Bonchev–Trinajstić information content (AvgIpc) is 2.92. The smallest absolute Gasteiger partial charge is 0.269 e. The topological polar surface area (TPSA) is 130 Å². The lowest BCUT2D eigenvalue weighted by Gasteiger charge is -2.33. The van der Waals surface area contributed by atoms with Gasteiger partial charge in [-0.2, -0.15) is 0 Å². The molecule has 206 valence electrons. The summed E-state index contributed by atoms with van der Waals surface area (Å²) in [6.45, 7) is 4.88. The van der Waals surface area contributed by atoms with Crippen LogP contribution in [0.25, 0.3) is 0 Å². The number of sulfonamides is 1. The first-order valence-electron chi connectivity index (χ1n) is 12.5. The Morgan fingerprint density at radius 2 is 1.49 bits per heavy atom. The zero-order valence-electron chi connectivity index (χ0n) is 22.1. The molecule has 0 fully saturated rings. The lowest BCUT2D eigenvalue weighted by atomic mass is 10.1. The number of hydrogen-bond donors (Lipinski definition) is 1. The number of nitrogens with one attached hydrogen (secondary N) is 1. The summed E-state index contributed by atoms with van der Waals surface area (Å²) in [6.07, 6.45) is 0.306. The van der Waals surface area contributed by atoms with Crippen LogP contribution in [0.2, 0.25) is 0 Å². The summed E-state index contributed by atoms with van der Waals surface area (Å²) in [5.41, 5.74) is 0.635. The third kappa shape index (κ3) is 7.41. The van der Waals surface area contributed by atoms with E-state index in [-0.39, 0.29) is 34.8 Å². The van der Waals surface area contributed by atoms with Gasteiger partial charge in [-0.15, -0.1) is 0 Å². The third-order valence-electron chi connectivity index (χ3n) is 5.97. The van der Waals surface area contributed by atoms with Gasteiger partial charge in [-0.25, -0.2) is 8.42 Å². The largest absolute Gasteiger partial charge is 0.352 e. The Bertz CT molecular complexity index is 1380. The van der Waals surface area contributed by atoms with Crippen LogP contribution < -0.4 is 9.62 Å². The van der Waals surface area contributed by atoms with Crippen LogP contribution in [0.1, 0.15) is 32.8 Å². The SMILES string of the molecule is CC[C@@H](C(=O)NC(C)C)N(Cc1ccccc1)C(=O)CN(c1ccc([N+](=O)[O-])cc1)S(=O)(=O)c1ccccc1.